The van der Waals surface area contributed by atoms with Crippen LogP contribution in [0.1, 0.15) is 18.9 Å². The molecule has 1 aliphatic heterocycles. The minimum atomic E-state index is -0.128. The molecule has 0 bridgehead atoms. The lowest BCUT2D eigenvalue weighted by atomic mass is 10.2. The first kappa shape index (κ1) is 12.2. The molecule has 5 heteroatoms. The van der Waals surface area contributed by atoms with Crippen molar-refractivity contribution >= 4 is 21.8 Å². The van der Waals surface area contributed by atoms with Crippen molar-refractivity contribution in [2.24, 2.45) is 0 Å². The lowest BCUT2D eigenvalue weighted by molar-refractivity contribution is -0.120. The number of ether oxygens (including phenoxy) is 2. The van der Waals surface area contributed by atoms with Crippen LogP contribution in [0.5, 0.6) is 11.5 Å². The number of amides is 1. The van der Waals surface area contributed by atoms with Gasteiger partial charge in [0, 0.05) is 6.54 Å². The Morgan fingerprint density at radius 1 is 1.47 bits per heavy atom. The van der Waals surface area contributed by atoms with E-state index in [0.29, 0.717) is 6.54 Å². The summed E-state index contributed by atoms with van der Waals surface area (Å²) in [5.74, 6) is 1.50. The molecule has 1 aromatic rings. The number of carbonyl (C=O) groups excluding carboxylic acids is 1. The highest BCUT2D eigenvalue weighted by atomic mass is 79.9. The van der Waals surface area contributed by atoms with Crippen LogP contribution < -0.4 is 14.8 Å². The zero-order chi connectivity index (χ0) is 12.3. The number of nitrogens with one attached hydrogen (secondary N) is 1. The van der Waals surface area contributed by atoms with Crippen LogP contribution in [0.25, 0.3) is 0 Å². The quantitative estimate of drug-likeness (QED) is 0.867. The largest absolute Gasteiger partial charge is 0.454 e. The predicted octanol–water partition coefficient (Wildman–Crippen LogP) is 2.21. The van der Waals surface area contributed by atoms with Crippen molar-refractivity contribution < 1.29 is 14.3 Å². The van der Waals surface area contributed by atoms with E-state index in [1.807, 2.05) is 25.1 Å². The van der Waals surface area contributed by atoms with Crippen molar-refractivity contribution in [3.63, 3.8) is 0 Å². The highest BCUT2D eigenvalue weighted by molar-refractivity contribution is 9.10. The molecule has 0 fully saturated rings. The summed E-state index contributed by atoms with van der Waals surface area (Å²) in [7, 11) is 0. The molecular weight excluding hydrogens is 286 g/mol. The molecule has 1 aromatic carbocycles. The molecule has 1 atom stereocenters. The molecule has 0 spiro atoms. The number of benzene rings is 1. The van der Waals surface area contributed by atoms with E-state index in [4.69, 9.17) is 9.47 Å². The summed E-state index contributed by atoms with van der Waals surface area (Å²) in [6.45, 7) is 2.72. The first-order valence-electron chi connectivity index (χ1n) is 5.51. The molecule has 0 aromatic heterocycles. The fraction of sp³-hybridized carbons (Fsp3) is 0.417. The van der Waals surface area contributed by atoms with Crippen LogP contribution in [0.4, 0.5) is 0 Å². The lowest BCUT2D eigenvalue weighted by Gasteiger charge is -2.09. The van der Waals surface area contributed by atoms with Gasteiger partial charge < -0.3 is 14.8 Å². The fourth-order valence-corrected chi connectivity index (χ4v) is 1.70. The van der Waals surface area contributed by atoms with Gasteiger partial charge >= 0.3 is 0 Å². The second kappa shape index (κ2) is 5.40. The van der Waals surface area contributed by atoms with Gasteiger partial charge in [-0.2, -0.15) is 0 Å². The third-order valence-corrected chi connectivity index (χ3v) is 3.61. The average molecular weight is 300 g/mol. The van der Waals surface area contributed by atoms with Crippen LogP contribution in [0.15, 0.2) is 18.2 Å². The molecule has 2 rings (SSSR count). The van der Waals surface area contributed by atoms with Gasteiger partial charge in [0.1, 0.15) is 0 Å². The van der Waals surface area contributed by atoms with Gasteiger partial charge in [0.25, 0.3) is 0 Å². The van der Waals surface area contributed by atoms with Crippen LogP contribution in [-0.2, 0) is 11.3 Å². The van der Waals surface area contributed by atoms with E-state index in [0.717, 1.165) is 23.5 Å². The molecule has 92 valence electrons. The average Bonchev–Trinajstić information content (AvgIpc) is 2.82. The SMILES string of the molecule is CCC(Br)C(=O)NCc1ccc2c(c1)OCO2. The number of fused-ring (bicyclic) bond motifs is 1. The number of halogens is 1. The minimum Gasteiger partial charge on any atom is -0.454 e. The summed E-state index contributed by atoms with van der Waals surface area (Å²) in [6.07, 6.45) is 0.771. The highest BCUT2D eigenvalue weighted by Gasteiger charge is 2.15. The Bertz CT molecular complexity index is 422. The van der Waals surface area contributed by atoms with Crippen LogP contribution >= 0.6 is 15.9 Å². The Hall–Kier alpha value is -1.23. The number of carbonyl (C=O) groups is 1. The second-order valence-electron chi connectivity index (χ2n) is 3.78. The van der Waals surface area contributed by atoms with Crippen molar-refractivity contribution in [1.82, 2.24) is 5.32 Å². The van der Waals surface area contributed by atoms with Gasteiger partial charge in [-0.25, -0.2) is 0 Å². The maximum Gasteiger partial charge on any atom is 0.234 e. The van der Waals surface area contributed by atoms with E-state index >= 15 is 0 Å². The standard InChI is InChI=1S/C12H14BrNO3/c1-2-9(13)12(15)14-6-8-3-4-10-11(5-8)17-7-16-10/h3-5,9H,2,6-7H2,1H3,(H,14,15). The van der Waals surface area contributed by atoms with Crippen LogP contribution in [0, 0.1) is 0 Å². The summed E-state index contributed by atoms with van der Waals surface area (Å²) in [5.41, 5.74) is 0.999. The number of hydrogen-bond donors (Lipinski definition) is 1. The number of rotatable bonds is 4. The Labute approximate surface area is 108 Å². The number of hydrogen-bond acceptors (Lipinski definition) is 3. The molecular formula is C12H14BrNO3. The van der Waals surface area contributed by atoms with E-state index in [1.54, 1.807) is 0 Å². The molecule has 0 aliphatic carbocycles. The van der Waals surface area contributed by atoms with Gasteiger partial charge in [0.15, 0.2) is 11.5 Å². The van der Waals surface area contributed by atoms with Crippen LogP contribution in [0.2, 0.25) is 0 Å². The maximum absolute atomic E-state index is 11.6. The first-order valence-corrected chi connectivity index (χ1v) is 6.42. The Kier molecular flexibility index (Phi) is 3.89. The van der Waals surface area contributed by atoms with Crippen molar-refractivity contribution in [1.29, 1.82) is 0 Å². The summed E-state index contributed by atoms with van der Waals surface area (Å²) in [4.78, 5) is 11.4. The Morgan fingerprint density at radius 2 is 2.24 bits per heavy atom. The molecule has 0 saturated heterocycles. The van der Waals surface area contributed by atoms with Crippen molar-refractivity contribution in [2.45, 2.75) is 24.7 Å². The molecule has 17 heavy (non-hydrogen) atoms. The van der Waals surface area contributed by atoms with Gasteiger partial charge in [-0.1, -0.05) is 28.9 Å². The van der Waals surface area contributed by atoms with E-state index in [1.165, 1.54) is 0 Å². The van der Waals surface area contributed by atoms with Gasteiger partial charge in [0.05, 0.1) is 4.83 Å². The first-order chi connectivity index (χ1) is 8.20. The summed E-state index contributed by atoms with van der Waals surface area (Å²) in [5, 5.41) is 2.86. The zero-order valence-corrected chi connectivity index (χ0v) is 11.1. The third kappa shape index (κ3) is 2.91. The summed E-state index contributed by atoms with van der Waals surface area (Å²) < 4.78 is 10.5. The third-order valence-electron chi connectivity index (χ3n) is 2.55. The summed E-state index contributed by atoms with van der Waals surface area (Å²) in [6, 6.07) is 5.66. The van der Waals surface area contributed by atoms with Gasteiger partial charge in [0.2, 0.25) is 12.7 Å². The van der Waals surface area contributed by atoms with Crippen LogP contribution in [-0.4, -0.2) is 17.5 Å². The molecule has 1 heterocycles. The van der Waals surface area contributed by atoms with Gasteiger partial charge in [-0.3, -0.25) is 4.79 Å². The number of alkyl halides is 1. The van der Waals surface area contributed by atoms with Gasteiger partial charge in [-0.05, 0) is 24.1 Å². The van der Waals surface area contributed by atoms with Crippen molar-refractivity contribution in [3.05, 3.63) is 23.8 Å². The van der Waals surface area contributed by atoms with E-state index < -0.39 is 0 Å². The van der Waals surface area contributed by atoms with E-state index in [9.17, 15) is 4.79 Å². The van der Waals surface area contributed by atoms with Crippen molar-refractivity contribution in [2.75, 3.05) is 6.79 Å². The second-order valence-corrected chi connectivity index (χ2v) is 4.89. The normalized spacial score (nSPS) is 14.5. The van der Waals surface area contributed by atoms with Crippen molar-refractivity contribution in [3.8, 4) is 11.5 Å². The fourth-order valence-electron chi connectivity index (χ4n) is 1.54. The Balaban J connectivity index is 1.93. The maximum atomic E-state index is 11.6. The molecule has 1 N–H and O–H groups in total. The van der Waals surface area contributed by atoms with E-state index in [-0.39, 0.29) is 17.5 Å². The predicted molar refractivity (Wildman–Crippen MR) is 67.4 cm³/mol. The monoisotopic (exact) mass is 299 g/mol. The lowest BCUT2D eigenvalue weighted by Crippen LogP contribution is -2.30. The zero-order valence-electron chi connectivity index (χ0n) is 9.53. The Morgan fingerprint density at radius 3 is 3.00 bits per heavy atom. The molecule has 4 nitrogen and oxygen atoms in total. The van der Waals surface area contributed by atoms with E-state index in [2.05, 4.69) is 21.2 Å². The topological polar surface area (TPSA) is 47.6 Å². The smallest absolute Gasteiger partial charge is 0.234 e. The minimum absolute atomic E-state index is 0.00478. The van der Waals surface area contributed by atoms with Crippen LogP contribution in [0.3, 0.4) is 0 Å². The molecule has 0 saturated carbocycles. The molecule has 1 unspecified atom stereocenters. The van der Waals surface area contributed by atoms with Gasteiger partial charge in [-0.15, -0.1) is 0 Å². The molecule has 1 aliphatic rings. The molecule has 0 radical (unpaired) electrons. The summed E-state index contributed by atoms with van der Waals surface area (Å²) >= 11 is 3.31. The highest BCUT2D eigenvalue weighted by Crippen LogP contribution is 2.32. The molecule has 1 amide bonds.